The lowest BCUT2D eigenvalue weighted by Gasteiger charge is -2.04. The average Bonchev–Trinajstić information content (AvgIpc) is 2.95. The largest absolute Gasteiger partial charge is 0.320 e. The molecule has 0 aliphatic rings. The van der Waals surface area contributed by atoms with Gasteiger partial charge in [0.25, 0.3) is 5.91 Å². The van der Waals surface area contributed by atoms with E-state index in [-0.39, 0.29) is 5.91 Å². The van der Waals surface area contributed by atoms with Crippen molar-refractivity contribution in [1.82, 2.24) is 14.8 Å². The van der Waals surface area contributed by atoms with E-state index in [1.54, 1.807) is 10.9 Å². The first-order chi connectivity index (χ1) is 9.56. The van der Waals surface area contributed by atoms with Gasteiger partial charge in [-0.25, -0.2) is 4.98 Å². The number of pyridine rings is 1. The summed E-state index contributed by atoms with van der Waals surface area (Å²) in [4.78, 5) is 17.3. The van der Waals surface area contributed by atoms with Crippen molar-refractivity contribution in [3.63, 3.8) is 0 Å². The molecule has 0 aliphatic heterocycles. The number of aromatic nitrogens is 3. The molecule has 0 radical (unpaired) electrons. The predicted octanol–water partition coefficient (Wildman–Crippen LogP) is 2.90. The van der Waals surface area contributed by atoms with Crippen molar-refractivity contribution >= 4 is 34.0 Å². The molecule has 3 aromatic rings. The van der Waals surface area contributed by atoms with Crippen LogP contribution in [0.2, 0.25) is 0 Å². The van der Waals surface area contributed by atoms with Crippen LogP contribution >= 0.6 is 11.3 Å². The van der Waals surface area contributed by atoms with Gasteiger partial charge in [-0.1, -0.05) is 0 Å². The normalized spacial score (nSPS) is 10.9. The number of rotatable bonds is 2. The van der Waals surface area contributed by atoms with Gasteiger partial charge < -0.3 is 5.32 Å². The second-order valence-electron chi connectivity index (χ2n) is 4.69. The molecule has 3 heterocycles. The monoisotopic (exact) mass is 286 g/mol. The number of hydrogen-bond acceptors (Lipinski definition) is 4. The first kappa shape index (κ1) is 12.8. The maximum atomic E-state index is 12.2. The molecule has 3 rings (SSSR count). The molecule has 20 heavy (non-hydrogen) atoms. The number of carbonyl (C=O) groups excluding carboxylic acids is 1. The number of nitrogens with zero attached hydrogens (tertiary/aromatic N) is 3. The smallest absolute Gasteiger partial charge is 0.266 e. The van der Waals surface area contributed by atoms with Crippen LogP contribution in [0.1, 0.15) is 20.9 Å². The van der Waals surface area contributed by atoms with Gasteiger partial charge in [-0.05, 0) is 36.9 Å². The minimum atomic E-state index is -0.0970. The van der Waals surface area contributed by atoms with Gasteiger partial charge in [0.15, 0.2) is 5.65 Å². The van der Waals surface area contributed by atoms with Crippen LogP contribution in [0, 0.1) is 13.8 Å². The maximum Gasteiger partial charge on any atom is 0.266 e. The molecule has 0 aromatic carbocycles. The highest BCUT2D eigenvalue weighted by Gasteiger charge is 2.12. The fourth-order valence-electron chi connectivity index (χ4n) is 2.17. The Morgan fingerprint density at radius 1 is 1.40 bits per heavy atom. The van der Waals surface area contributed by atoms with Crippen LogP contribution in [-0.4, -0.2) is 20.7 Å². The van der Waals surface area contributed by atoms with Crippen LogP contribution in [0.5, 0.6) is 0 Å². The van der Waals surface area contributed by atoms with E-state index in [0.717, 1.165) is 27.2 Å². The standard InChI is InChI=1S/C14H14N4OS/c1-8-4-5-20-12(8)14(19)16-10-6-11-9(2)17-18(3)13(11)15-7-10/h4-7H,1-3H3,(H,16,19). The summed E-state index contributed by atoms with van der Waals surface area (Å²) in [6, 6.07) is 3.85. The summed E-state index contributed by atoms with van der Waals surface area (Å²) in [6.45, 7) is 3.86. The summed E-state index contributed by atoms with van der Waals surface area (Å²) in [5, 5.41) is 10.1. The molecule has 0 saturated carbocycles. The van der Waals surface area contributed by atoms with Gasteiger partial charge in [-0.3, -0.25) is 9.48 Å². The van der Waals surface area contributed by atoms with Gasteiger partial charge in [0.1, 0.15) is 0 Å². The summed E-state index contributed by atoms with van der Waals surface area (Å²) in [6.07, 6.45) is 1.66. The number of fused-ring (bicyclic) bond motifs is 1. The highest BCUT2D eigenvalue weighted by atomic mass is 32.1. The fraction of sp³-hybridized carbons (Fsp3) is 0.214. The molecular weight excluding hydrogens is 272 g/mol. The Kier molecular flexibility index (Phi) is 3.02. The van der Waals surface area contributed by atoms with Gasteiger partial charge in [-0.15, -0.1) is 11.3 Å². The molecule has 6 heteroatoms. The average molecular weight is 286 g/mol. The quantitative estimate of drug-likeness (QED) is 0.788. The van der Waals surface area contributed by atoms with E-state index in [9.17, 15) is 4.79 Å². The van der Waals surface area contributed by atoms with Crippen LogP contribution < -0.4 is 5.32 Å². The van der Waals surface area contributed by atoms with Crippen molar-refractivity contribution in [3.05, 3.63) is 39.8 Å². The predicted molar refractivity (Wildman–Crippen MR) is 80.3 cm³/mol. The lowest BCUT2D eigenvalue weighted by atomic mass is 10.2. The molecule has 1 amide bonds. The Bertz CT molecular complexity index is 803. The van der Waals surface area contributed by atoms with Crippen LogP contribution in [0.25, 0.3) is 11.0 Å². The molecular formula is C14H14N4OS. The summed E-state index contributed by atoms with van der Waals surface area (Å²) in [7, 11) is 1.86. The van der Waals surface area contributed by atoms with E-state index in [1.807, 2.05) is 38.4 Å². The minimum absolute atomic E-state index is 0.0970. The molecule has 0 aliphatic carbocycles. The molecule has 102 valence electrons. The Hall–Kier alpha value is -2.21. The molecule has 0 bridgehead atoms. The van der Waals surface area contributed by atoms with Gasteiger partial charge in [-0.2, -0.15) is 5.10 Å². The number of amides is 1. The van der Waals surface area contributed by atoms with E-state index in [0.29, 0.717) is 5.69 Å². The number of hydrogen-bond donors (Lipinski definition) is 1. The SMILES string of the molecule is Cc1ccsc1C(=O)Nc1cnc2c(c1)c(C)nn2C. The molecule has 3 aromatic heterocycles. The number of thiophene rings is 1. The Labute approximate surface area is 120 Å². The fourth-order valence-corrected chi connectivity index (χ4v) is 2.99. The zero-order valence-electron chi connectivity index (χ0n) is 11.5. The lowest BCUT2D eigenvalue weighted by molar-refractivity contribution is 0.103. The molecule has 1 N–H and O–H groups in total. The Morgan fingerprint density at radius 2 is 2.20 bits per heavy atom. The van der Waals surface area contributed by atoms with E-state index in [2.05, 4.69) is 15.4 Å². The second kappa shape index (κ2) is 4.72. The first-order valence-electron chi connectivity index (χ1n) is 6.21. The highest BCUT2D eigenvalue weighted by Crippen LogP contribution is 2.21. The second-order valence-corrected chi connectivity index (χ2v) is 5.61. The van der Waals surface area contributed by atoms with Crippen molar-refractivity contribution in [1.29, 1.82) is 0 Å². The van der Waals surface area contributed by atoms with E-state index < -0.39 is 0 Å². The first-order valence-corrected chi connectivity index (χ1v) is 7.09. The van der Waals surface area contributed by atoms with Crippen molar-refractivity contribution in [2.45, 2.75) is 13.8 Å². The number of aryl methyl sites for hydroxylation is 3. The third kappa shape index (κ3) is 2.08. The van der Waals surface area contributed by atoms with Gasteiger partial charge in [0, 0.05) is 12.4 Å². The lowest BCUT2D eigenvalue weighted by Crippen LogP contribution is -2.11. The van der Waals surface area contributed by atoms with Crippen molar-refractivity contribution in [2.75, 3.05) is 5.32 Å². The van der Waals surface area contributed by atoms with Crippen molar-refractivity contribution < 1.29 is 4.79 Å². The Morgan fingerprint density at radius 3 is 2.90 bits per heavy atom. The van der Waals surface area contributed by atoms with Crippen LogP contribution in [0.15, 0.2) is 23.7 Å². The van der Waals surface area contributed by atoms with Crippen LogP contribution in [-0.2, 0) is 7.05 Å². The Balaban J connectivity index is 1.93. The third-order valence-electron chi connectivity index (χ3n) is 3.19. The molecule has 0 fully saturated rings. The number of anilines is 1. The van der Waals surface area contributed by atoms with Crippen LogP contribution in [0.3, 0.4) is 0 Å². The van der Waals surface area contributed by atoms with E-state index in [4.69, 9.17) is 0 Å². The summed E-state index contributed by atoms with van der Waals surface area (Å²) in [5.41, 5.74) is 3.39. The van der Waals surface area contributed by atoms with Gasteiger partial charge in [0.2, 0.25) is 0 Å². The summed E-state index contributed by atoms with van der Waals surface area (Å²) in [5.74, 6) is -0.0970. The summed E-state index contributed by atoms with van der Waals surface area (Å²) >= 11 is 1.44. The van der Waals surface area contributed by atoms with Crippen molar-refractivity contribution in [3.8, 4) is 0 Å². The topological polar surface area (TPSA) is 59.8 Å². The third-order valence-corrected chi connectivity index (χ3v) is 4.20. The maximum absolute atomic E-state index is 12.2. The number of nitrogens with one attached hydrogen (secondary N) is 1. The van der Waals surface area contributed by atoms with Crippen LogP contribution in [0.4, 0.5) is 5.69 Å². The molecule has 0 spiro atoms. The highest BCUT2D eigenvalue weighted by molar-refractivity contribution is 7.12. The molecule has 0 saturated heterocycles. The zero-order chi connectivity index (χ0) is 14.3. The zero-order valence-corrected chi connectivity index (χ0v) is 12.3. The number of carbonyl (C=O) groups is 1. The minimum Gasteiger partial charge on any atom is -0.320 e. The van der Waals surface area contributed by atoms with Crippen molar-refractivity contribution in [2.24, 2.45) is 7.05 Å². The van der Waals surface area contributed by atoms with Gasteiger partial charge in [0.05, 0.1) is 22.5 Å². The van der Waals surface area contributed by atoms with E-state index in [1.165, 1.54) is 11.3 Å². The molecule has 0 atom stereocenters. The molecule has 5 nitrogen and oxygen atoms in total. The van der Waals surface area contributed by atoms with Gasteiger partial charge >= 0.3 is 0 Å². The summed E-state index contributed by atoms with van der Waals surface area (Å²) < 4.78 is 1.74. The molecule has 0 unspecified atom stereocenters. The van der Waals surface area contributed by atoms with E-state index >= 15 is 0 Å².